The summed E-state index contributed by atoms with van der Waals surface area (Å²) < 4.78 is 27.3. The van der Waals surface area contributed by atoms with Crippen LogP contribution in [0, 0.1) is 12.8 Å². The summed E-state index contributed by atoms with van der Waals surface area (Å²) in [6.45, 7) is 2.96. The van der Waals surface area contributed by atoms with Crippen molar-refractivity contribution < 1.29 is 13.2 Å². The van der Waals surface area contributed by atoms with E-state index in [1.165, 1.54) is 16.4 Å². The summed E-state index contributed by atoms with van der Waals surface area (Å²) in [6.07, 6.45) is 1.31. The van der Waals surface area contributed by atoms with Crippen LogP contribution in [0.3, 0.4) is 0 Å². The zero-order valence-electron chi connectivity index (χ0n) is 17.6. The number of carbonyl (C=O) groups is 1. The Labute approximate surface area is 197 Å². The first-order chi connectivity index (χ1) is 15.3. The number of nitrogens with one attached hydrogen (secondary N) is 1. The van der Waals surface area contributed by atoms with E-state index in [0.717, 1.165) is 21.8 Å². The van der Waals surface area contributed by atoms with E-state index in [9.17, 15) is 13.2 Å². The number of sulfonamides is 1. The summed E-state index contributed by atoms with van der Waals surface area (Å²) >= 11 is 7.49. The molecule has 0 aliphatic carbocycles. The molecule has 0 saturated carbocycles. The molecule has 0 bridgehead atoms. The third-order valence-corrected chi connectivity index (χ3v) is 8.45. The monoisotopic (exact) mass is 489 g/mol. The SMILES string of the molecule is Cc1nc(-c2ccc(CNC(=O)C3CCCN(S(=O)(=O)c4ccc(Cl)cc4)C3)cc2)cs1. The van der Waals surface area contributed by atoms with E-state index >= 15 is 0 Å². The van der Waals surface area contributed by atoms with Crippen molar-refractivity contribution >= 4 is 38.9 Å². The molecule has 168 valence electrons. The fourth-order valence-corrected chi connectivity index (χ4v) is 6.03. The quantitative estimate of drug-likeness (QED) is 0.553. The van der Waals surface area contributed by atoms with Crippen molar-refractivity contribution in [1.82, 2.24) is 14.6 Å². The molecule has 4 rings (SSSR count). The largest absolute Gasteiger partial charge is 0.352 e. The lowest BCUT2D eigenvalue weighted by atomic mass is 9.98. The predicted molar refractivity (Wildman–Crippen MR) is 127 cm³/mol. The van der Waals surface area contributed by atoms with E-state index in [2.05, 4.69) is 10.3 Å². The van der Waals surface area contributed by atoms with Crippen LogP contribution in [0.25, 0.3) is 11.3 Å². The van der Waals surface area contributed by atoms with Crippen molar-refractivity contribution in [3.63, 3.8) is 0 Å². The van der Waals surface area contributed by atoms with Gasteiger partial charge in [0.1, 0.15) is 0 Å². The molecule has 2 aromatic carbocycles. The molecule has 32 heavy (non-hydrogen) atoms. The van der Waals surface area contributed by atoms with Gasteiger partial charge in [0, 0.05) is 35.6 Å². The van der Waals surface area contributed by atoms with E-state index in [0.29, 0.717) is 31.0 Å². The lowest BCUT2D eigenvalue weighted by molar-refractivity contribution is -0.126. The van der Waals surface area contributed by atoms with Gasteiger partial charge < -0.3 is 5.32 Å². The van der Waals surface area contributed by atoms with Gasteiger partial charge in [-0.25, -0.2) is 13.4 Å². The average Bonchev–Trinajstić information content (AvgIpc) is 3.24. The molecule has 9 heteroatoms. The number of aromatic nitrogens is 1. The van der Waals surface area contributed by atoms with E-state index < -0.39 is 10.0 Å². The molecule has 1 aliphatic heterocycles. The number of hydrogen-bond donors (Lipinski definition) is 1. The lowest BCUT2D eigenvalue weighted by Gasteiger charge is -2.31. The second kappa shape index (κ2) is 9.70. The number of halogens is 1. The van der Waals surface area contributed by atoms with Gasteiger partial charge in [-0.2, -0.15) is 4.31 Å². The van der Waals surface area contributed by atoms with Gasteiger partial charge in [0.15, 0.2) is 0 Å². The minimum atomic E-state index is -3.65. The molecule has 3 aromatic rings. The highest BCUT2D eigenvalue weighted by Crippen LogP contribution is 2.25. The van der Waals surface area contributed by atoms with Gasteiger partial charge in [0.2, 0.25) is 15.9 Å². The fraction of sp³-hybridized carbons (Fsp3) is 0.304. The Morgan fingerprint density at radius 2 is 1.91 bits per heavy atom. The lowest BCUT2D eigenvalue weighted by Crippen LogP contribution is -2.45. The smallest absolute Gasteiger partial charge is 0.243 e. The molecular weight excluding hydrogens is 466 g/mol. The van der Waals surface area contributed by atoms with Crippen LogP contribution in [0.2, 0.25) is 5.02 Å². The van der Waals surface area contributed by atoms with Crippen molar-refractivity contribution in [1.29, 1.82) is 0 Å². The molecule has 1 N–H and O–H groups in total. The Hall–Kier alpha value is -2.26. The molecule has 1 fully saturated rings. The van der Waals surface area contributed by atoms with E-state index in [4.69, 9.17) is 11.6 Å². The number of rotatable bonds is 6. The number of amides is 1. The molecule has 1 atom stereocenters. The van der Waals surface area contributed by atoms with Crippen LogP contribution in [-0.2, 0) is 21.4 Å². The highest BCUT2D eigenvalue weighted by molar-refractivity contribution is 7.89. The zero-order chi connectivity index (χ0) is 22.7. The number of nitrogens with zero attached hydrogens (tertiary/aromatic N) is 2. The highest BCUT2D eigenvalue weighted by Gasteiger charge is 2.33. The van der Waals surface area contributed by atoms with E-state index in [1.807, 2.05) is 36.6 Å². The second-order valence-electron chi connectivity index (χ2n) is 7.82. The Morgan fingerprint density at radius 3 is 2.56 bits per heavy atom. The number of carbonyl (C=O) groups excluding carboxylic acids is 1. The van der Waals surface area contributed by atoms with Crippen LogP contribution < -0.4 is 5.32 Å². The minimum Gasteiger partial charge on any atom is -0.352 e. The molecule has 2 heterocycles. The van der Waals surface area contributed by atoms with Crippen molar-refractivity contribution in [2.45, 2.75) is 31.2 Å². The van der Waals surface area contributed by atoms with E-state index in [-0.39, 0.29) is 23.3 Å². The van der Waals surface area contributed by atoms with Crippen molar-refractivity contribution in [2.75, 3.05) is 13.1 Å². The van der Waals surface area contributed by atoms with Gasteiger partial charge in [-0.3, -0.25) is 4.79 Å². The molecule has 6 nitrogen and oxygen atoms in total. The van der Waals surface area contributed by atoms with Gasteiger partial charge in [0.25, 0.3) is 0 Å². The van der Waals surface area contributed by atoms with Crippen LogP contribution in [-0.4, -0.2) is 36.7 Å². The topological polar surface area (TPSA) is 79.4 Å². The van der Waals surface area contributed by atoms with Crippen LogP contribution >= 0.6 is 22.9 Å². The third kappa shape index (κ3) is 5.20. The number of benzene rings is 2. The zero-order valence-corrected chi connectivity index (χ0v) is 20.0. The number of thiazole rings is 1. The van der Waals surface area contributed by atoms with Crippen LogP contribution in [0.1, 0.15) is 23.4 Å². The van der Waals surface area contributed by atoms with Crippen molar-refractivity contribution in [2.24, 2.45) is 5.92 Å². The number of piperidine rings is 1. The Morgan fingerprint density at radius 1 is 1.19 bits per heavy atom. The molecule has 1 unspecified atom stereocenters. The maximum Gasteiger partial charge on any atom is 0.243 e. The second-order valence-corrected chi connectivity index (χ2v) is 11.3. The van der Waals surface area contributed by atoms with E-state index in [1.54, 1.807) is 23.5 Å². The first-order valence-corrected chi connectivity index (χ1v) is 13.1. The molecule has 1 amide bonds. The normalized spacial score (nSPS) is 17.2. The molecular formula is C23H24ClN3O3S2. The molecule has 0 spiro atoms. The average molecular weight is 490 g/mol. The first kappa shape index (κ1) is 22.9. The van der Waals surface area contributed by atoms with Crippen LogP contribution in [0.5, 0.6) is 0 Å². The fourth-order valence-electron chi connectivity index (χ4n) is 3.75. The third-order valence-electron chi connectivity index (χ3n) is 5.54. The molecule has 0 radical (unpaired) electrons. The van der Waals surface area contributed by atoms with Gasteiger partial charge in [-0.15, -0.1) is 11.3 Å². The van der Waals surface area contributed by atoms with Crippen LogP contribution in [0.15, 0.2) is 58.8 Å². The van der Waals surface area contributed by atoms with Gasteiger partial charge in [-0.1, -0.05) is 35.9 Å². The Balaban J connectivity index is 1.35. The number of aryl methyl sites for hydroxylation is 1. The standard InChI is InChI=1S/C23H24ClN3O3S2/c1-16-26-22(15-31-16)18-6-4-17(5-7-18)13-25-23(28)19-3-2-12-27(14-19)32(29,30)21-10-8-20(24)9-11-21/h4-11,15,19H,2-3,12-14H2,1H3,(H,25,28). The minimum absolute atomic E-state index is 0.125. The first-order valence-electron chi connectivity index (χ1n) is 10.4. The van der Waals surface area contributed by atoms with Gasteiger partial charge >= 0.3 is 0 Å². The predicted octanol–water partition coefficient (Wildman–Crippen LogP) is 4.49. The molecule has 1 aromatic heterocycles. The molecule has 1 saturated heterocycles. The van der Waals surface area contributed by atoms with Gasteiger partial charge in [0.05, 0.1) is 21.5 Å². The maximum absolute atomic E-state index is 12.9. The summed E-state index contributed by atoms with van der Waals surface area (Å²) in [5, 5.41) is 6.49. The maximum atomic E-state index is 12.9. The summed E-state index contributed by atoms with van der Waals surface area (Å²) in [7, 11) is -3.65. The Kier molecular flexibility index (Phi) is 6.95. The molecule has 1 aliphatic rings. The van der Waals surface area contributed by atoms with Gasteiger partial charge in [-0.05, 0) is 49.6 Å². The summed E-state index contributed by atoms with van der Waals surface area (Å²) in [5.74, 6) is -0.497. The Bertz CT molecular complexity index is 1190. The van der Waals surface area contributed by atoms with Crippen LogP contribution in [0.4, 0.5) is 0 Å². The summed E-state index contributed by atoms with van der Waals surface area (Å²) in [4.78, 5) is 17.4. The highest BCUT2D eigenvalue weighted by atomic mass is 35.5. The summed E-state index contributed by atoms with van der Waals surface area (Å²) in [5.41, 5.74) is 2.97. The number of hydrogen-bond acceptors (Lipinski definition) is 5. The summed E-state index contributed by atoms with van der Waals surface area (Å²) in [6, 6.07) is 14.1. The van der Waals surface area contributed by atoms with Crippen molar-refractivity contribution in [3.05, 3.63) is 69.5 Å². The van der Waals surface area contributed by atoms with Crippen molar-refractivity contribution in [3.8, 4) is 11.3 Å².